The van der Waals surface area contributed by atoms with E-state index in [9.17, 15) is 5.11 Å². The van der Waals surface area contributed by atoms with Crippen molar-refractivity contribution in [1.82, 2.24) is 0 Å². The molecule has 44 valence electrons. The molecule has 0 aromatic rings. The van der Waals surface area contributed by atoms with Crippen molar-refractivity contribution in [2.24, 2.45) is 0 Å². The molecule has 0 unspecified atom stereocenters. The van der Waals surface area contributed by atoms with Gasteiger partial charge in [0.1, 0.15) is 0 Å². The van der Waals surface area contributed by atoms with Crippen molar-refractivity contribution in [3.63, 3.8) is 0 Å². The molecule has 0 rings (SSSR count). The quantitative estimate of drug-likeness (QED) is 0.383. The van der Waals surface area contributed by atoms with Gasteiger partial charge in [0, 0.05) is 0 Å². The standard InChI is InChI=1S/C7H10O/c1-4-6(2)5-7(3)8/h4-5,8H,1,3H2,2H3/p-1. The van der Waals surface area contributed by atoms with Gasteiger partial charge >= 0.3 is 0 Å². The summed E-state index contributed by atoms with van der Waals surface area (Å²) in [6, 6.07) is 0. The molecule has 1 heteroatoms. The Morgan fingerprint density at radius 3 is 2.25 bits per heavy atom. The maximum Gasteiger partial charge on any atom is -0.0398 e. The predicted octanol–water partition coefficient (Wildman–Crippen LogP) is 0.993. The second-order valence-corrected chi connectivity index (χ2v) is 1.56. The smallest absolute Gasteiger partial charge is 0.0398 e. The highest BCUT2D eigenvalue weighted by molar-refractivity contribution is 5.20. The van der Waals surface area contributed by atoms with Gasteiger partial charge in [-0.2, -0.15) is 0 Å². The van der Waals surface area contributed by atoms with E-state index in [1.165, 1.54) is 6.08 Å². The Kier molecular flexibility index (Phi) is 2.70. The molecule has 1 nitrogen and oxygen atoms in total. The van der Waals surface area contributed by atoms with Crippen LogP contribution >= 0.6 is 0 Å². The van der Waals surface area contributed by atoms with Gasteiger partial charge in [0.2, 0.25) is 0 Å². The summed E-state index contributed by atoms with van der Waals surface area (Å²) in [5, 5.41) is 10.2. The molecule has 0 aromatic heterocycles. The van der Waals surface area contributed by atoms with E-state index in [-0.39, 0.29) is 5.76 Å². The van der Waals surface area contributed by atoms with E-state index in [2.05, 4.69) is 13.2 Å². The van der Waals surface area contributed by atoms with E-state index in [1.54, 1.807) is 13.0 Å². The van der Waals surface area contributed by atoms with Crippen molar-refractivity contribution in [1.29, 1.82) is 0 Å². The lowest BCUT2D eigenvalue weighted by atomic mass is 10.3. The highest BCUT2D eigenvalue weighted by atomic mass is 16.3. The molecule has 0 aliphatic carbocycles. The highest BCUT2D eigenvalue weighted by Gasteiger charge is 1.72. The van der Waals surface area contributed by atoms with Gasteiger partial charge in [0.05, 0.1) is 0 Å². The zero-order valence-electron chi connectivity index (χ0n) is 4.98. The van der Waals surface area contributed by atoms with E-state index in [1.807, 2.05) is 0 Å². The lowest BCUT2D eigenvalue weighted by Crippen LogP contribution is -1.96. The van der Waals surface area contributed by atoms with Gasteiger partial charge in [-0.1, -0.05) is 24.3 Å². The largest absolute Gasteiger partial charge is 0.873 e. The minimum Gasteiger partial charge on any atom is -0.873 e. The predicted molar refractivity (Wildman–Crippen MR) is 33.1 cm³/mol. The molecule has 0 bridgehead atoms. The van der Waals surface area contributed by atoms with Crippen molar-refractivity contribution in [3.8, 4) is 0 Å². The minimum atomic E-state index is -0.178. The summed E-state index contributed by atoms with van der Waals surface area (Å²) >= 11 is 0. The summed E-state index contributed by atoms with van der Waals surface area (Å²) in [4.78, 5) is 0. The minimum absolute atomic E-state index is 0.178. The Hall–Kier alpha value is -0.980. The zero-order chi connectivity index (χ0) is 6.57. The van der Waals surface area contributed by atoms with Gasteiger partial charge in [-0.05, 0) is 6.92 Å². The van der Waals surface area contributed by atoms with Crippen molar-refractivity contribution in [2.75, 3.05) is 0 Å². The van der Waals surface area contributed by atoms with Gasteiger partial charge in [-0.3, -0.25) is 0 Å². The summed E-state index contributed by atoms with van der Waals surface area (Å²) in [5.41, 5.74) is 0.852. The van der Waals surface area contributed by atoms with Crippen LogP contribution in [0.5, 0.6) is 0 Å². The Morgan fingerprint density at radius 1 is 1.62 bits per heavy atom. The third kappa shape index (κ3) is 3.22. The second kappa shape index (κ2) is 3.08. The molecule has 0 saturated heterocycles. The molecule has 0 N–H and O–H groups in total. The van der Waals surface area contributed by atoms with Gasteiger partial charge < -0.3 is 5.11 Å². The molecule has 0 heterocycles. The molecule has 0 aromatic carbocycles. The van der Waals surface area contributed by atoms with Crippen LogP contribution in [0, 0.1) is 0 Å². The first-order valence-corrected chi connectivity index (χ1v) is 2.33. The van der Waals surface area contributed by atoms with Crippen LogP contribution in [0.3, 0.4) is 0 Å². The van der Waals surface area contributed by atoms with Gasteiger partial charge in [-0.15, -0.1) is 12.3 Å². The zero-order valence-corrected chi connectivity index (χ0v) is 4.98. The fourth-order valence-corrected chi connectivity index (χ4v) is 0.313. The SMILES string of the molecule is C=CC(C)=CC(=C)[O-]. The normalized spacial score (nSPS) is 10.9. The average molecular weight is 109 g/mol. The molecule has 0 aliphatic heterocycles. The van der Waals surface area contributed by atoms with E-state index in [4.69, 9.17) is 0 Å². The van der Waals surface area contributed by atoms with Crippen molar-refractivity contribution >= 4 is 0 Å². The number of rotatable bonds is 2. The summed E-state index contributed by atoms with van der Waals surface area (Å²) in [6.07, 6.45) is 3.05. The molecule has 0 saturated carbocycles. The first-order chi connectivity index (χ1) is 3.66. The topological polar surface area (TPSA) is 23.1 Å². The number of hydrogen-bond acceptors (Lipinski definition) is 1. The third-order valence-electron chi connectivity index (χ3n) is 0.711. The monoisotopic (exact) mass is 109 g/mol. The Morgan fingerprint density at radius 2 is 2.12 bits per heavy atom. The molecular weight excluding hydrogens is 100 g/mol. The molecular formula is C7H9O-. The molecule has 0 amide bonds. The van der Waals surface area contributed by atoms with Crippen LogP contribution in [-0.2, 0) is 0 Å². The third-order valence-corrected chi connectivity index (χ3v) is 0.711. The number of allylic oxidation sites excluding steroid dienone is 3. The van der Waals surface area contributed by atoms with Crippen molar-refractivity contribution in [3.05, 3.63) is 36.6 Å². The molecule has 0 atom stereocenters. The van der Waals surface area contributed by atoms with Crippen molar-refractivity contribution < 1.29 is 5.11 Å². The Bertz CT molecular complexity index is 131. The lowest BCUT2D eigenvalue weighted by molar-refractivity contribution is -0.294. The molecule has 0 radical (unpaired) electrons. The van der Waals surface area contributed by atoms with Crippen LogP contribution in [0.25, 0.3) is 0 Å². The van der Waals surface area contributed by atoms with Gasteiger partial charge in [0.25, 0.3) is 0 Å². The van der Waals surface area contributed by atoms with E-state index in [0.29, 0.717) is 0 Å². The maximum absolute atomic E-state index is 10.2. The highest BCUT2D eigenvalue weighted by Crippen LogP contribution is 1.93. The molecule has 8 heavy (non-hydrogen) atoms. The van der Waals surface area contributed by atoms with Crippen LogP contribution < -0.4 is 5.11 Å². The van der Waals surface area contributed by atoms with Crippen LogP contribution in [-0.4, -0.2) is 0 Å². The lowest BCUT2D eigenvalue weighted by Gasteiger charge is -2.00. The fraction of sp³-hybridized carbons (Fsp3) is 0.143. The molecule has 0 aliphatic rings. The summed E-state index contributed by atoms with van der Waals surface area (Å²) in [7, 11) is 0. The van der Waals surface area contributed by atoms with Gasteiger partial charge in [-0.25, -0.2) is 0 Å². The summed E-state index contributed by atoms with van der Waals surface area (Å²) in [6.45, 7) is 8.43. The first kappa shape index (κ1) is 7.02. The summed E-state index contributed by atoms with van der Waals surface area (Å²) in [5.74, 6) is -0.178. The second-order valence-electron chi connectivity index (χ2n) is 1.56. The molecule has 0 spiro atoms. The van der Waals surface area contributed by atoms with Crippen LogP contribution in [0.4, 0.5) is 0 Å². The number of hydrogen-bond donors (Lipinski definition) is 0. The fourth-order valence-electron chi connectivity index (χ4n) is 0.313. The van der Waals surface area contributed by atoms with Crippen LogP contribution in [0.1, 0.15) is 6.92 Å². The first-order valence-electron chi connectivity index (χ1n) is 2.33. The van der Waals surface area contributed by atoms with Crippen LogP contribution in [0.15, 0.2) is 36.6 Å². The van der Waals surface area contributed by atoms with E-state index in [0.717, 1.165) is 5.57 Å². The van der Waals surface area contributed by atoms with E-state index < -0.39 is 0 Å². The Balaban J connectivity index is 3.94. The van der Waals surface area contributed by atoms with Crippen molar-refractivity contribution in [2.45, 2.75) is 6.92 Å². The maximum atomic E-state index is 10.2. The Labute approximate surface area is 49.7 Å². The van der Waals surface area contributed by atoms with Crippen LogP contribution in [0.2, 0.25) is 0 Å². The molecule has 0 fully saturated rings. The average Bonchev–Trinajstić information content (AvgIpc) is 1.65. The van der Waals surface area contributed by atoms with E-state index >= 15 is 0 Å². The van der Waals surface area contributed by atoms with Gasteiger partial charge in [0.15, 0.2) is 0 Å². The summed E-state index contributed by atoms with van der Waals surface area (Å²) < 4.78 is 0.